The molecule has 6 heteroatoms. The Morgan fingerprint density at radius 2 is 1.96 bits per heavy atom. The summed E-state index contributed by atoms with van der Waals surface area (Å²) in [5, 5.41) is 9.62. The predicted molar refractivity (Wildman–Crippen MR) is 107 cm³/mol. The molecule has 1 aliphatic heterocycles. The van der Waals surface area contributed by atoms with Gasteiger partial charge in [-0.25, -0.2) is 0 Å². The lowest BCUT2D eigenvalue weighted by atomic mass is 10.0. The molecule has 28 heavy (non-hydrogen) atoms. The van der Waals surface area contributed by atoms with Gasteiger partial charge in [0.1, 0.15) is 29.6 Å². The van der Waals surface area contributed by atoms with Crippen LogP contribution in [0.2, 0.25) is 0 Å². The minimum Gasteiger partial charge on any atom is -0.497 e. The first-order valence-electron chi connectivity index (χ1n) is 9.32. The molecule has 146 valence electrons. The number of rotatable bonds is 5. The van der Waals surface area contributed by atoms with Gasteiger partial charge in [-0.3, -0.25) is 9.69 Å². The SMILES string of the molecule is COc1ccc(-c2c(C)oc3c4c(ccc3c2=O)OCN(CCCO)C4)cc1. The number of fused-ring (bicyclic) bond motifs is 3. The van der Waals surface area contributed by atoms with E-state index in [1.807, 2.05) is 37.3 Å². The van der Waals surface area contributed by atoms with Crippen LogP contribution in [0.3, 0.4) is 0 Å². The van der Waals surface area contributed by atoms with Crippen molar-refractivity contribution in [2.45, 2.75) is 19.9 Å². The van der Waals surface area contributed by atoms with Gasteiger partial charge >= 0.3 is 0 Å². The quantitative estimate of drug-likeness (QED) is 0.731. The first-order chi connectivity index (χ1) is 13.6. The predicted octanol–water partition coefficient (Wildman–Crippen LogP) is 3.31. The topological polar surface area (TPSA) is 72.1 Å². The van der Waals surface area contributed by atoms with E-state index in [1.54, 1.807) is 13.2 Å². The molecule has 0 amide bonds. The van der Waals surface area contributed by atoms with Gasteiger partial charge in [0.25, 0.3) is 0 Å². The molecular weight excluding hydrogens is 358 g/mol. The molecule has 0 radical (unpaired) electrons. The van der Waals surface area contributed by atoms with Crippen LogP contribution >= 0.6 is 0 Å². The molecule has 0 fully saturated rings. The number of methoxy groups -OCH3 is 1. The standard InChI is InChI=1S/C22H23NO5/c1-14-20(15-4-6-16(26-2)7-5-15)21(25)17-8-9-19-18(22(17)28-14)12-23(13-27-19)10-3-11-24/h4-9,24H,3,10-13H2,1-2H3. The molecular formula is C22H23NO5. The van der Waals surface area contributed by atoms with E-state index in [4.69, 9.17) is 19.0 Å². The van der Waals surface area contributed by atoms with Gasteiger partial charge in [-0.15, -0.1) is 0 Å². The third-order valence-corrected chi connectivity index (χ3v) is 5.09. The lowest BCUT2D eigenvalue weighted by Crippen LogP contribution is -2.33. The molecule has 2 aromatic carbocycles. The van der Waals surface area contributed by atoms with Crippen LogP contribution in [-0.4, -0.2) is 37.0 Å². The zero-order valence-corrected chi connectivity index (χ0v) is 16.0. The van der Waals surface area contributed by atoms with Crippen LogP contribution in [0, 0.1) is 6.92 Å². The highest BCUT2D eigenvalue weighted by Crippen LogP contribution is 2.34. The Kier molecular flexibility index (Phi) is 5.07. The van der Waals surface area contributed by atoms with E-state index in [1.165, 1.54) is 0 Å². The fraction of sp³-hybridized carbons (Fsp3) is 0.318. The molecule has 2 heterocycles. The highest BCUT2D eigenvalue weighted by atomic mass is 16.5. The number of hydrogen-bond acceptors (Lipinski definition) is 6. The monoisotopic (exact) mass is 381 g/mol. The molecule has 0 spiro atoms. The highest BCUT2D eigenvalue weighted by molar-refractivity contribution is 5.86. The Balaban J connectivity index is 1.81. The van der Waals surface area contributed by atoms with Crippen LogP contribution in [0.25, 0.3) is 22.1 Å². The van der Waals surface area contributed by atoms with Crippen LogP contribution in [0.5, 0.6) is 11.5 Å². The van der Waals surface area contributed by atoms with Gasteiger partial charge in [0.05, 0.1) is 23.6 Å². The Hall–Kier alpha value is -2.83. The van der Waals surface area contributed by atoms with Gasteiger partial charge in [-0.2, -0.15) is 0 Å². The van der Waals surface area contributed by atoms with Crippen molar-refractivity contribution < 1.29 is 19.0 Å². The molecule has 0 unspecified atom stereocenters. The van der Waals surface area contributed by atoms with Gasteiger partial charge in [0, 0.05) is 19.7 Å². The summed E-state index contributed by atoms with van der Waals surface area (Å²) in [5.74, 6) is 2.05. The minimum atomic E-state index is -0.0563. The second kappa shape index (κ2) is 7.66. The maximum absolute atomic E-state index is 13.3. The van der Waals surface area contributed by atoms with Gasteiger partial charge < -0.3 is 19.0 Å². The first-order valence-corrected chi connectivity index (χ1v) is 9.32. The van der Waals surface area contributed by atoms with Crippen molar-refractivity contribution in [2.75, 3.05) is 27.0 Å². The Morgan fingerprint density at radius 1 is 1.18 bits per heavy atom. The van der Waals surface area contributed by atoms with Gasteiger partial charge in [-0.05, 0) is 43.2 Å². The summed E-state index contributed by atoms with van der Waals surface area (Å²) in [7, 11) is 1.61. The summed E-state index contributed by atoms with van der Waals surface area (Å²) in [6.07, 6.45) is 0.675. The lowest BCUT2D eigenvalue weighted by molar-refractivity contribution is 0.0886. The minimum absolute atomic E-state index is 0.0563. The van der Waals surface area contributed by atoms with Crippen LogP contribution in [-0.2, 0) is 6.54 Å². The van der Waals surface area contributed by atoms with E-state index in [-0.39, 0.29) is 12.0 Å². The van der Waals surface area contributed by atoms with E-state index >= 15 is 0 Å². The second-order valence-corrected chi connectivity index (χ2v) is 6.91. The zero-order valence-electron chi connectivity index (χ0n) is 16.0. The third-order valence-electron chi connectivity index (χ3n) is 5.09. The maximum Gasteiger partial charge on any atom is 0.200 e. The summed E-state index contributed by atoms with van der Waals surface area (Å²) in [4.78, 5) is 15.4. The maximum atomic E-state index is 13.3. The van der Waals surface area contributed by atoms with Gasteiger partial charge in [-0.1, -0.05) is 12.1 Å². The molecule has 6 nitrogen and oxygen atoms in total. The van der Waals surface area contributed by atoms with Crippen molar-refractivity contribution in [2.24, 2.45) is 0 Å². The Bertz CT molecular complexity index is 1060. The van der Waals surface area contributed by atoms with E-state index in [0.717, 1.165) is 29.2 Å². The molecule has 0 saturated carbocycles. The van der Waals surface area contributed by atoms with Crippen LogP contribution in [0.1, 0.15) is 17.7 Å². The number of hydrogen-bond donors (Lipinski definition) is 1. The van der Waals surface area contributed by atoms with Crippen LogP contribution in [0.15, 0.2) is 45.6 Å². The molecule has 1 aliphatic rings. The molecule has 0 saturated heterocycles. The summed E-state index contributed by atoms with van der Waals surface area (Å²) < 4.78 is 17.2. The number of nitrogens with zero attached hydrogens (tertiary/aromatic N) is 1. The summed E-state index contributed by atoms with van der Waals surface area (Å²) in [6, 6.07) is 11.0. The molecule has 0 aliphatic carbocycles. The summed E-state index contributed by atoms with van der Waals surface area (Å²) >= 11 is 0. The second-order valence-electron chi connectivity index (χ2n) is 6.91. The van der Waals surface area contributed by atoms with E-state index in [9.17, 15) is 4.79 Å². The fourth-order valence-electron chi connectivity index (χ4n) is 3.65. The molecule has 0 atom stereocenters. The van der Waals surface area contributed by atoms with Crippen LogP contribution < -0.4 is 14.9 Å². The van der Waals surface area contributed by atoms with Crippen molar-refractivity contribution in [1.82, 2.24) is 4.90 Å². The molecule has 1 aromatic heterocycles. The summed E-state index contributed by atoms with van der Waals surface area (Å²) in [5.41, 5.74) is 2.75. The molecule has 4 rings (SSSR count). The average Bonchev–Trinajstić information content (AvgIpc) is 2.72. The third kappa shape index (κ3) is 3.25. The smallest absolute Gasteiger partial charge is 0.200 e. The zero-order chi connectivity index (χ0) is 19.7. The average molecular weight is 381 g/mol. The van der Waals surface area contributed by atoms with Crippen molar-refractivity contribution in [3.8, 4) is 22.6 Å². The molecule has 3 aromatic rings. The van der Waals surface area contributed by atoms with Gasteiger partial charge in [0.15, 0.2) is 0 Å². The number of aryl methyl sites for hydroxylation is 1. The number of aliphatic hydroxyl groups is 1. The van der Waals surface area contributed by atoms with Crippen LogP contribution in [0.4, 0.5) is 0 Å². The van der Waals surface area contributed by atoms with Crippen molar-refractivity contribution in [3.05, 3.63) is 57.9 Å². The number of benzene rings is 2. The number of ether oxygens (including phenoxy) is 2. The van der Waals surface area contributed by atoms with E-state index < -0.39 is 0 Å². The summed E-state index contributed by atoms with van der Waals surface area (Å²) in [6.45, 7) is 3.76. The van der Waals surface area contributed by atoms with Crippen molar-refractivity contribution in [3.63, 3.8) is 0 Å². The fourth-order valence-corrected chi connectivity index (χ4v) is 3.65. The van der Waals surface area contributed by atoms with Gasteiger partial charge in [0.2, 0.25) is 5.43 Å². The lowest BCUT2D eigenvalue weighted by Gasteiger charge is -2.29. The number of aliphatic hydroxyl groups excluding tert-OH is 1. The normalized spacial score (nSPS) is 14.0. The molecule has 1 N–H and O–H groups in total. The van der Waals surface area contributed by atoms with Crippen molar-refractivity contribution in [1.29, 1.82) is 0 Å². The Morgan fingerprint density at radius 3 is 2.68 bits per heavy atom. The Labute approximate surface area is 162 Å². The first kappa shape index (κ1) is 18.5. The van der Waals surface area contributed by atoms with E-state index in [0.29, 0.717) is 42.0 Å². The largest absolute Gasteiger partial charge is 0.497 e. The van der Waals surface area contributed by atoms with E-state index in [2.05, 4.69) is 4.90 Å². The molecule has 0 bridgehead atoms. The van der Waals surface area contributed by atoms with Crippen molar-refractivity contribution >= 4 is 11.0 Å². The highest BCUT2D eigenvalue weighted by Gasteiger charge is 2.23.